The summed E-state index contributed by atoms with van der Waals surface area (Å²) in [5.74, 6) is 0.707. The van der Waals surface area contributed by atoms with Crippen molar-refractivity contribution in [3.05, 3.63) is 28.8 Å². The first-order valence-electron chi connectivity index (χ1n) is 6.32. The lowest BCUT2D eigenvalue weighted by Crippen LogP contribution is -2.18. The predicted octanol–water partition coefficient (Wildman–Crippen LogP) is 3.14. The molecule has 0 amide bonds. The monoisotopic (exact) mass is 292 g/mol. The molecule has 0 saturated heterocycles. The van der Waals surface area contributed by atoms with E-state index in [0.717, 1.165) is 16.7 Å². The van der Waals surface area contributed by atoms with Crippen LogP contribution in [0.25, 0.3) is 0 Å². The highest BCUT2D eigenvalue weighted by Crippen LogP contribution is 2.25. The van der Waals surface area contributed by atoms with Crippen LogP contribution < -0.4 is 4.74 Å². The Morgan fingerprint density at radius 3 is 2.20 bits per heavy atom. The number of aliphatic hydroxyl groups excluding tert-OH is 1. The van der Waals surface area contributed by atoms with Crippen molar-refractivity contribution in [1.82, 2.24) is 0 Å². The Morgan fingerprint density at radius 2 is 1.70 bits per heavy atom. The van der Waals surface area contributed by atoms with Gasteiger partial charge in [0.25, 0.3) is 0 Å². The fraction of sp³-hybridized carbons (Fsp3) is 0.571. The van der Waals surface area contributed by atoms with Crippen LogP contribution in [0.15, 0.2) is 12.1 Å². The van der Waals surface area contributed by atoms with Crippen LogP contribution in [0.2, 0.25) is 0 Å². The summed E-state index contributed by atoms with van der Waals surface area (Å²) in [5.41, 5.74) is 2.59. The van der Waals surface area contributed by atoms with E-state index in [1.165, 1.54) is 0 Å². The second-order valence-electron chi connectivity index (χ2n) is 4.59. The van der Waals surface area contributed by atoms with Crippen molar-refractivity contribution in [2.75, 3.05) is 19.8 Å². The summed E-state index contributed by atoms with van der Waals surface area (Å²) in [4.78, 5) is 0. The molecule has 1 rings (SSSR count). The molecule has 1 aromatic rings. The molecular formula is C14H19F3O3. The van der Waals surface area contributed by atoms with E-state index >= 15 is 0 Å². The van der Waals surface area contributed by atoms with Gasteiger partial charge < -0.3 is 14.6 Å². The molecule has 0 aromatic heterocycles. The highest BCUT2D eigenvalue weighted by molar-refractivity contribution is 5.43. The highest BCUT2D eigenvalue weighted by Gasteiger charge is 2.27. The number of halogens is 3. The average Bonchev–Trinajstić information content (AvgIpc) is 2.34. The number of aliphatic hydroxyl groups is 1. The van der Waals surface area contributed by atoms with Crippen LogP contribution in [0.4, 0.5) is 13.2 Å². The summed E-state index contributed by atoms with van der Waals surface area (Å²) in [5, 5.41) is 9.07. The fourth-order valence-electron chi connectivity index (χ4n) is 1.88. The summed E-state index contributed by atoms with van der Waals surface area (Å²) >= 11 is 0. The minimum absolute atomic E-state index is 0.00628. The van der Waals surface area contributed by atoms with E-state index in [1.807, 2.05) is 26.0 Å². The Bertz CT molecular complexity index is 407. The van der Waals surface area contributed by atoms with E-state index < -0.39 is 12.8 Å². The first-order chi connectivity index (χ1) is 9.33. The van der Waals surface area contributed by atoms with Crippen molar-refractivity contribution in [2.24, 2.45) is 0 Å². The van der Waals surface area contributed by atoms with E-state index in [1.54, 1.807) is 0 Å². The van der Waals surface area contributed by atoms with E-state index in [0.29, 0.717) is 12.2 Å². The van der Waals surface area contributed by atoms with Crippen molar-refractivity contribution in [3.63, 3.8) is 0 Å². The molecule has 0 atom stereocenters. The van der Waals surface area contributed by atoms with Gasteiger partial charge in [0, 0.05) is 6.42 Å². The molecule has 0 aliphatic rings. The Labute approximate surface area is 116 Å². The van der Waals surface area contributed by atoms with Gasteiger partial charge in [-0.3, -0.25) is 0 Å². The molecule has 1 aromatic carbocycles. The zero-order valence-corrected chi connectivity index (χ0v) is 11.6. The molecule has 0 fully saturated rings. The molecule has 0 aliphatic heterocycles. The minimum atomic E-state index is -4.28. The van der Waals surface area contributed by atoms with Crippen LogP contribution in [0.5, 0.6) is 5.75 Å². The molecular weight excluding hydrogens is 273 g/mol. The molecule has 0 heterocycles. The number of benzene rings is 1. The van der Waals surface area contributed by atoms with Crippen molar-refractivity contribution in [1.29, 1.82) is 0 Å². The van der Waals surface area contributed by atoms with Crippen molar-refractivity contribution >= 4 is 0 Å². The maximum Gasteiger partial charge on any atom is 0.411 e. The van der Waals surface area contributed by atoms with Crippen LogP contribution in [0.1, 0.15) is 23.1 Å². The SMILES string of the molecule is Cc1cc(CO)cc(C)c1OCCCOCC(F)(F)F. The Morgan fingerprint density at radius 1 is 1.10 bits per heavy atom. The van der Waals surface area contributed by atoms with Crippen LogP contribution in [-0.2, 0) is 11.3 Å². The first kappa shape index (κ1) is 16.8. The molecule has 0 saturated carbocycles. The van der Waals surface area contributed by atoms with E-state index in [4.69, 9.17) is 9.84 Å². The number of hydrogen-bond donors (Lipinski definition) is 1. The van der Waals surface area contributed by atoms with Gasteiger partial charge in [0.2, 0.25) is 0 Å². The molecule has 0 radical (unpaired) electrons. The maximum absolute atomic E-state index is 11.8. The van der Waals surface area contributed by atoms with Crippen LogP contribution in [-0.4, -0.2) is 31.1 Å². The molecule has 114 valence electrons. The van der Waals surface area contributed by atoms with Gasteiger partial charge in [-0.2, -0.15) is 13.2 Å². The topological polar surface area (TPSA) is 38.7 Å². The van der Waals surface area contributed by atoms with Gasteiger partial charge in [-0.05, 0) is 30.5 Å². The molecule has 0 bridgehead atoms. The number of alkyl halides is 3. The Hall–Kier alpha value is -1.27. The van der Waals surface area contributed by atoms with Gasteiger partial charge in [-0.25, -0.2) is 0 Å². The van der Waals surface area contributed by atoms with Crippen molar-refractivity contribution in [3.8, 4) is 5.75 Å². The number of rotatable bonds is 7. The van der Waals surface area contributed by atoms with Crippen LogP contribution >= 0.6 is 0 Å². The largest absolute Gasteiger partial charge is 0.493 e. The number of aryl methyl sites for hydroxylation is 2. The van der Waals surface area contributed by atoms with E-state index in [2.05, 4.69) is 4.74 Å². The normalized spacial score (nSPS) is 11.7. The second kappa shape index (κ2) is 7.50. The molecule has 20 heavy (non-hydrogen) atoms. The lowest BCUT2D eigenvalue weighted by Gasteiger charge is -2.14. The van der Waals surface area contributed by atoms with Gasteiger partial charge in [-0.15, -0.1) is 0 Å². The lowest BCUT2D eigenvalue weighted by molar-refractivity contribution is -0.174. The highest BCUT2D eigenvalue weighted by atomic mass is 19.4. The fourth-order valence-corrected chi connectivity index (χ4v) is 1.88. The minimum Gasteiger partial charge on any atom is -0.493 e. The van der Waals surface area contributed by atoms with Crippen LogP contribution in [0.3, 0.4) is 0 Å². The molecule has 0 aliphatic carbocycles. The second-order valence-corrected chi connectivity index (χ2v) is 4.59. The molecule has 1 N–H and O–H groups in total. The zero-order valence-electron chi connectivity index (χ0n) is 11.6. The average molecular weight is 292 g/mol. The Balaban J connectivity index is 2.36. The first-order valence-corrected chi connectivity index (χ1v) is 6.32. The van der Waals surface area contributed by atoms with Crippen LogP contribution in [0, 0.1) is 13.8 Å². The summed E-state index contributed by atoms with van der Waals surface area (Å²) in [6, 6.07) is 3.64. The quantitative estimate of drug-likeness (QED) is 0.785. The smallest absolute Gasteiger partial charge is 0.411 e. The summed E-state index contributed by atoms with van der Waals surface area (Å²) in [6.07, 6.45) is -3.90. The summed E-state index contributed by atoms with van der Waals surface area (Å²) < 4.78 is 45.5. The number of hydrogen-bond acceptors (Lipinski definition) is 3. The lowest BCUT2D eigenvalue weighted by atomic mass is 10.1. The Kier molecular flexibility index (Phi) is 6.29. The summed E-state index contributed by atoms with van der Waals surface area (Å²) in [6.45, 7) is 2.76. The molecule has 6 heteroatoms. The van der Waals surface area contributed by atoms with E-state index in [-0.39, 0.29) is 19.8 Å². The van der Waals surface area contributed by atoms with Gasteiger partial charge >= 0.3 is 6.18 Å². The van der Waals surface area contributed by atoms with Crippen molar-refractivity contribution < 1.29 is 27.8 Å². The molecule has 3 nitrogen and oxygen atoms in total. The third-order valence-corrected chi connectivity index (χ3v) is 2.65. The maximum atomic E-state index is 11.8. The van der Waals surface area contributed by atoms with Gasteiger partial charge in [-0.1, -0.05) is 12.1 Å². The molecule has 0 unspecified atom stereocenters. The van der Waals surface area contributed by atoms with Crippen molar-refractivity contribution in [2.45, 2.75) is 33.1 Å². The summed E-state index contributed by atoms with van der Waals surface area (Å²) in [7, 11) is 0. The van der Waals surface area contributed by atoms with E-state index in [9.17, 15) is 13.2 Å². The molecule has 0 spiro atoms. The predicted molar refractivity (Wildman–Crippen MR) is 68.8 cm³/mol. The number of ether oxygens (including phenoxy) is 2. The zero-order chi connectivity index (χ0) is 15.2. The van der Waals surface area contributed by atoms with Gasteiger partial charge in [0.05, 0.1) is 19.8 Å². The van der Waals surface area contributed by atoms with Gasteiger partial charge in [0.1, 0.15) is 12.4 Å². The third kappa shape index (κ3) is 5.79. The van der Waals surface area contributed by atoms with Gasteiger partial charge in [0.15, 0.2) is 0 Å². The standard InChI is InChI=1S/C14H19F3O3/c1-10-6-12(8-18)7-11(2)13(10)20-5-3-4-19-9-14(15,16)17/h6-7,18H,3-5,8-9H2,1-2H3. The third-order valence-electron chi connectivity index (χ3n) is 2.65.